The van der Waals surface area contributed by atoms with E-state index in [4.69, 9.17) is 9.26 Å². The van der Waals surface area contributed by atoms with E-state index in [0.29, 0.717) is 24.7 Å². The molecule has 2 aromatic rings. The molecule has 0 bridgehead atoms. The number of hydrogen-bond acceptors (Lipinski definition) is 5. The van der Waals surface area contributed by atoms with E-state index in [2.05, 4.69) is 15.5 Å². The fraction of sp³-hybridized carbons (Fsp3) is 0.429. The molecule has 1 atom stereocenters. The number of aromatic nitrogens is 2. The highest BCUT2D eigenvalue weighted by Crippen LogP contribution is 2.34. The molecule has 112 valence electrons. The van der Waals surface area contributed by atoms with E-state index in [1.807, 2.05) is 24.3 Å². The van der Waals surface area contributed by atoms with Crippen molar-refractivity contribution in [3.8, 4) is 0 Å². The number of hydrogen-bond donors (Lipinski definition) is 1. The van der Waals surface area contributed by atoms with Gasteiger partial charge in [0, 0.05) is 18.7 Å². The van der Waals surface area contributed by atoms with Crippen LogP contribution in [0, 0.1) is 0 Å². The molecular weight excluding hydrogens is 280 g/mol. The highest BCUT2D eigenvalue weighted by atomic mass is 19.3. The van der Waals surface area contributed by atoms with Crippen molar-refractivity contribution in [2.75, 3.05) is 25.1 Å². The first-order chi connectivity index (χ1) is 10.2. The highest BCUT2D eigenvalue weighted by molar-refractivity contribution is 5.59. The topological polar surface area (TPSA) is 60.2 Å². The van der Waals surface area contributed by atoms with Gasteiger partial charge in [-0.05, 0) is 11.6 Å². The zero-order valence-corrected chi connectivity index (χ0v) is 11.3. The Labute approximate surface area is 120 Å². The second-order valence-corrected chi connectivity index (χ2v) is 4.79. The van der Waals surface area contributed by atoms with E-state index < -0.39 is 13.0 Å². The number of nitrogens with zero attached hydrogens (tertiary/aromatic N) is 2. The largest absolute Gasteiger partial charge is 0.384 e. The van der Waals surface area contributed by atoms with Gasteiger partial charge in [0.25, 0.3) is 6.43 Å². The van der Waals surface area contributed by atoms with Crippen LogP contribution < -0.4 is 5.32 Å². The molecule has 0 amide bonds. The average molecular weight is 295 g/mol. The first-order valence-electron chi connectivity index (χ1n) is 6.75. The Morgan fingerprint density at radius 2 is 2.24 bits per heavy atom. The standard InChI is InChI=1S/C14H15F2N3O2/c15-12(16)8-20-6-5-13-18-14(21-19-13)10-7-17-11-4-2-1-3-9(10)11/h1-4,10,12,17H,5-8H2. The molecule has 0 saturated heterocycles. The van der Waals surface area contributed by atoms with Gasteiger partial charge in [-0.15, -0.1) is 0 Å². The van der Waals surface area contributed by atoms with Crippen LogP contribution in [-0.4, -0.2) is 36.3 Å². The van der Waals surface area contributed by atoms with E-state index in [1.165, 1.54) is 0 Å². The molecule has 0 aliphatic carbocycles. The third-order valence-corrected chi connectivity index (χ3v) is 3.33. The number of para-hydroxylation sites is 1. The summed E-state index contributed by atoms with van der Waals surface area (Å²) in [6.45, 7) is 0.302. The summed E-state index contributed by atoms with van der Waals surface area (Å²) in [5.74, 6) is 1.05. The summed E-state index contributed by atoms with van der Waals surface area (Å²) in [7, 11) is 0. The van der Waals surface area contributed by atoms with Gasteiger partial charge in [-0.1, -0.05) is 23.4 Å². The van der Waals surface area contributed by atoms with Crippen molar-refractivity contribution in [2.45, 2.75) is 18.8 Å². The van der Waals surface area contributed by atoms with Crippen LogP contribution in [0.25, 0.3) is 0 Å². The fourth-order valence-corrected chi connectivity index (χ4v) is 2.35. The monoisotopic (exact) mass is 295 g/mol. The van der Waals surface area contributed by atoms with Gasteiger partial charge in [-0.2, -0.15) is 4.98 Å². The maximum atomic E-state index is 11.9. The Bertz CT molecular complexity index is 603. The first kappa shape index (κ1) is 13.9. The molecule has 1 N–H and O–H groups in total. The Balaban J connectivity index is 1.61. The lowest BCUT2D eigenvalue weighted by Crippen LogP contribution is -2.08. The predicted molar refractivity (Wildman–Crippen MR) is 71.6 cm³/mol. The molecule has 0 saturated carbocycles. The van der Waals surface area contributed by atoms with Crippen LogP contribution in [-0.2, 0) is 11.2 Å². The Kier molecular flexibility index (Phi) is 4.10. The lowest BCUT2D eigenvalue weighted by molar-refractivity contribution is 0.0182. The Morgan fingerprint density at radius 3 is 3.10 bits per heavy atom. The van der Waals surface area contributed by atoms with Gasteiger partial charge >= 0.3 is 0 Å². The molecular formula is C14H15F2N3O2. The number of ether oxygens (including phenoxy) is 1. The maximum absolute atomic E-state index is 11.9. The van der Waals surface area contributed by atoms with Crippen molar-refractivity contribution < 1.29 is 18.0 Å². The number of alkyl halides is 2. The minimum Gasteiger partial charge on any atom is -0.384 e. The second kappa shape index (κ2) is 6.17. The van der Waals surface area contributed by atoms with Crippen molar-refractivity contribution in [1.29, 1.82) is 0 Å². The number of anilines is 1. The van der Waals surface area contributed by atoms with Gasteiger partial charge < -0.3 is 14.6 Å². The number of nitrogens with one attached hydrogen (secondary N) is 1. The second-order valence-electron chi connectivity index (χ2n) is 4.79. The van der Waals surface area contributed by atoms with Gasteiger partial charge in [0.05, 0.1) is 12.5 Å². The van der Waals surface area contributed by atoms with E-state index in [-0.39, 0.29) is 12.5 Å². The SMILES string of the molecule is FC(F)COCCc1noc(C2CNc3ccccc32)n1. The summed E-state index contributed by atoms with van der Waals surface area (Å²) in [5.41, 5.74) is 2.20. The summed E-state index contributed by atoms with van der Waals surface area (Å²) < 4.78 is 33.9. The molecule has 1 aromatic heterocycles. The Hall–Kier alpha value is -2.02. The van der Waals surface area contributed by atoms with Crippen LogP contribution in [0.4, 0.5) is 14.5 Å². The molecule has 1 aliphatic rings. The smallest absolute Gasteiger partial charge is 0.261 e. The molecule has 0 radical (unpaired) electrons. The summed E-state index contributed by atoms with van der Waals surface area (Å²) in [5, 5.41) is 7.16. The zero-order chi connectivity index (χ0) is 14.7. The van der Waals surface area contributed by atoms with Crippen molar-refractivity contribution in [2.24, 2.45) is 0 Å². The molecule has 7 heteroatoms. The number of benzene rings is 1. The van der Waals surface area contributed by atoms with E-state index in [0.717, 1.165) is 11.3 Å². The lowest BCUT2D eigenvalue weighted by Gasteiger charge is -2.03. The van der Waals surface area contributed by atoms with Gasteiger partial charge in [0.15, 0.2) is 5.82 Å². The van der Waals surface area contributed by atoms with Gasteiger partial charge in [-0.25, -0.2) is 8.78 Å². The number of halogens is 2. The molecule has 0 fully saturated rings. The van der Waals surface area contributed by atoms with Crippen molar-refractivity contribution in [3.63, 3.8) is 0 Å². The lowest BCUT2D eigenvalue weighted by atomic mass is 10.0. The molecule has 0 spiro atoms. The minimum absolute atomic E-state index is 0.0319. The maximum Gasteiger partial charge on any atom is 0.261 e. The molecule has 1 aromatic carbocycles. The van der Waals surface area contributed by atoms with E-state index in [9.17, 15) is 8.78 Å². The fourth-order valence-electron chi connectivity index (χ4n) is 2.35. The van der Waals surface area contributed by atoms with Crippen LogP contribution in [0.1, 0.15) is 23.2 Å². The molecule has 5 nitrogen and oxygen atoms in total. The molecule has 1 aliphatic heterocycles. The van der Waals surface area contributed by atoms with E-state index >= 15 is 0 Å². The van der Waals surface area contributed by atoms with Crippen molar-refractivity contribution >= 4 is 5.69 Å². The normalized spacial score (nSPS) is 17.0. The summed E-state index contributed by atoms with van der Waals surface area (Å²) >= 11 is 0. The average Bonchev–Trinajstić information content (AvgIpc) is 3.09. The van der Waals surface area contributed by atoms with Crippen LogP contribution in [0.5, 0.6) is 0 Å². The van der Waals surface area contributed by atoms with Crippen LogP contribution in [0.2, 0.25) is 0 Å². The molecule has 21 heavy (non-hydrogen) atoms. The summed E-state index contributed by atoms with van der Waals surface area (Å²) in [4.78, 5) is 4.32. The third kappa shape index (κ3) is 3.18. The minimum atomic E-state index is -2.45. The van der Waals surface area contributed by atoms with Crippen molar-refractivity contribution in [3.05, 3.63) is 41.5 Å². The van der Waals surface area contributed by atoms with Crippen LogP contribution in [0.3, 0.4) is 0 Å². The van der Waals surface area contributed by atoms with Gasteiger partial charge in [0.1, 0.15) is 6.61 Å². The first-order valence-corrected chi connectivity index (χ1v) is 6.75. The summed E-state index contributed by atoms with van der Waals surface area (Å²) in [6.07, 6.45) is -2.09. The van der Waals surface area contributed by atoms with Gasteiger partial charge in [-0.3, -0.25) is 0 Å². The Morgan fingerprint density at radius 1 is 1.38 bits per heavy atom. The molecule has 2 heterocycles. The molecule has 3 rings (SSSR count). The highest BCUT2D eigenvalue weighted by Gasteiger charge is 2.28. The van der Waals surface area contributed by atoms with Crippen LogP contribution in [0.15, 0.2) is 28.8 Å². The predicted octanol–water partition coefficient (Wildman–Crippen LogP) is 2.45. The van der Waals surface area contributed by atoms with E-state index in [1.54, 1.807) is 0 Å². The summed E-state index contributed by atoms with van der Waals surface area (Å²) in [6, 6.07) is 7.96. The van der Waals surface area contributed by atoms with Crippen molar-refractivity contribution in [1.82, 2.24) is 10.1 Å². The number of rotatable bonds is 6. The number of fused-ring (bicyclic) bond motifs is 1. The quantitative estimate of drug-likeness (QED) is 0.829. The zero-order valence-electron chi connectivity index (χ0n) is 11.3. The molecule has 1 unspecified atom stereocenters. The van der Waals surface area contributed by atoms with Crippen LogP contribution >= 0.6 is 0 Å². The third-order valence-electron chi connectivity index (χ3n) is 3.33. The van der Waals surface area contributed by atoms with Gasteiger partial charge in [0.2, 0.25) is 5.89 Å².